The number of nitrogens with two attached hydrogens (primary N) is 1. The first-order valence-electron chi connectivity index (χ1n) is 7.34. The van der Waals surface area contributed by atoms with Crippen LogP contribution in [0.2, 0.25) is 0 Å². The molecule has 2 N–H and O–H groups in total. The summed E-state index contributed by atoms with van der Waals surface area (Å²) in [4.78, 5) is 6.63. The Hall–Kier alpha value is -1.14. The Labute approximate surface area is 132 Å². The zero-order valence-electron chi connectivity index (χ0n) is 12.1. The highest BCUT2D eigenvalue weighted by molar-refractivity contribution is 9.10. The van der Waals surface area contributed by atoms with E-state index in [2.05, 4.69) is 32.9 Å². The van der Waals surface area contributed by atoms with Crippen molar-refractivity contribution in [2.45, 2.75) is 25.8 Å². The summed E-state index contributed by atoms with van der Waals surface area (Å²) in [5, 5.41) is 0. The Morgan fingerprint density at radius 3 is 2.81 bits per heavy atom. The van der Waals surface area contributed by atoms with Crippen LogP contribution in [0.4, 0.5) is 10.3 Å². The predicted molar refractivity (Wildman–Crippen MR) is 86.6 cm³/mol. The van der Waals surface area contributed by atoms with Gasteiger partial charge in [0.25, 0.3) is 0 Å². The normalized spacial score (nSPS) is 17.7. The van der Waals surface area contributed by atoms with Crippen molar-refractivity contribution >= 4 is 32.9 Å². The van der Waals surface area contributed by atoms with Crippen LogP contribution in [0.3, 0.4) is 0 Å². The van der Waals surface area contributed by atoms with Gasteiger partial charge in [-0.2, -0.15) is 0 Å². The molecule has 3 rings (SSSR count). The lowest BCUT2D eigenvalue weighted by molar-refractivity contribution is 0.208. The summed E-state index contributed by atoms with van der Waals surface area (Å²) >= 11 is 3.23. The maximum atomic E-state index is 13.6. The van der Waals surface area contributed by atoms with Crippen LogP contribution >= 0.6 is 15.9 Å². The number of nitrogens with zero attached hydrogens (tertiary/aromatic N) is 3. The van der Waals surface area contributed by atoms with Gasteiger partial charge in [0, 0.05) is 12.6 Å². The van der Waals surface area contributed by atoms with Gasteiger partial charge in [0.15, 0.2) is 0 Å². The molecule has 1 saturated heterocycles. The van der Waals surface area contributed by atoms with Crippen LogP contribution in [-0.4, -0.2) is 34.6 Å². The van der Waals surface area contributed by atoms with Crippen LogP contribution in [0.5, 0.6) is 0 Å². The summed E-state index contributed by atoms with van der Waals surface area (Å²) in [5.74, 6) is 0.903. The van der Waals surface area contributed by atoms with Crippen molar-refractivity contribution < 1.29 is 4.39 Å². The van der Waals surface area contributed by atoms with Gasteiger partial charge in [-0.25, -0.2) is 9.37 Å². The van der Waals surface area contributed by atoms with Gasteiger partial charge < -0.3 is 15.2 Å². The van der Waals surface area contributed by atoms with Crippen molar-refractivity contribution in [2.24, 2.45) is 5.92 Å². The lowest BCUT2D eigenvalue weighted by atomic mass is 9.94. The Morgan fingerprint density at radius 2 is 2.10 bits per heavy atom. The van der Waals surface area contributed by atoms with Crippen molar-refractivity contribution in [3.05, 3.63) is 22.4 Å². The van der Waals surface area contributed by atoms with Crippen LogP contribution in [-0.2, 0) is 6.54 Å². The van der Waals surface area contributed by atoms with Crippen molar-refractivity contribution in [1.82, 2.24) is 14.5 Å². The van der Waals surface area contributed by atoms with E-state index in [0.717, 1.165) is 24.4 Å². The molecule has 0 unspecified atom stereocenters. The number of anilines is 1. The average Bonchev–Trinajstić information content (AvgIpc) is 2.74. The number of halogens is 2. The summed E-state index contributed by atoms with van der Waals surface area (Å²) < 4.78 is 16.0. The summed E-state index contributed by atoms with van der Waals surface area (Å²) in [7, 11) is 2.17. The summed E-state index contributed by atoms with van der Waals surface area (Å²) in [6.45, 7) is 3.18. The highest BCUT2D eigenvalue weighted by Gasteiger charge is 2.18. The number of nitrogen functional groups attached to an aromatic ring is 1. The number of imidazole rings is 1. The second-order valence-corrected chi connectivity index (χ2v) is 6.77. The predicted octanol–water partition coefficient (Wildman–Crippen LogP) is 3.25. The molecular weight excluding hydrogens is 335 g/mol. The first kappa shape index (κ1) is 14.8. The quantitative estimate of drug-likeness (QED) is 0.920. The third kappa shape index (κ3) is 3.06. The molecule has 1 aromatic heterocycles. The number of hydrogen-bond acceptors (Lipinski definition) is 3. The molecule has 6 heteroatoms. The molecule has 0 atom stereocenters. The zero-order chi connectivity index (χ0) is 15.0. The lowest BCUT2D eigenvalue weighted by Crippen LogP contribution is -2.30. The minimum atomic E-state index is -0.303. The van der Waals surface area contributed by atoms with Gasteiger partial charge in [-0.05, 0) is 67.3 Å². The number of rotatable bonds is 3. The number of likely N-dealkylation sites (tertiary alicyclic amines) is 1. The molecule has 0 radical (unpaired) electrons. The number of fused-ring (bicyclic) bond motifs is 1. The van der Waals surface area contributed by atoms with Gasteiger partial charge in [0.2, 0.25) is 5.95 Å². The van der Waals surface area contributed by atoms with Crippen molar-refractivity contribution in [3.8, 4) is 0 Å². The molecule has 0 amide bonds. The van der Waals surface area contributed by atoms with Gasteiger partial charge in [0.05, 0.1) is 15.5 Å². The van der Waals surface area contributed by atoms with E-state index in [1.165, 1.54) is 32.0 Å². The summed E-state index contributed by atoms with van der Waals surface area (Å²) in [5.41, 5.74) is 7.52. The molecule has 2 aromatic rings. The first-order valence-corrected chi connectivity index (χ1v) is 8.13. The van der Waals surface area contributed by atoms with E-state index in [9.17, 15) is 4.39 Å². The van der Waals surface area contributed by atoms with E-state index < -0.39 is 0 Å². The fraction of sp³-hybridized carbons (Fsp3) is 0.533. The monoisotopic (exact) mass is 354 g/mol. The van der Waals surface area contributed by atoms with E-state index in [-0.39, 0.29) is 5.82 Å². The molecule has 1 aliphatic rings. The fourth-order valence-corrected chi connectivity index (χ4v) is 3.37. The van der Waals surface area contributed by atoms with Crippen molar-refractivity contribution in [2.75, 3.05) is 25.9 Å². The van der Waals surface area contributed by atoms with Crippen LogP contribution in [0.1, 0.15) is 19.3 Å². The lowest BCUT2D eigenvalue weighted by Gasteiger charge is -2.29. The van der Waals surface area contributed by atoms with Crippen LogP contribution in [0.15, 0.2) is 16.6 Å². The molecule has 114 valence electrons. The second-order valence-electron chi connectivity index (χ2n) is 5.91. The first-order chi connectivity index (χ1) is 10.0. The van der Waals surface area contributed by atoms with E-state index in [4.69, 9.17) is 5.73 Å². The Balaban J connectivity index is 1.77. The molecule has 0 bridgehead atoms. The molecule has 0 saturated carbocycles. The molecule has 1 fully saturated rings. The molecule has 1 aliphatic heterocycles. The number of aryl methyl sites for hydroxylation is 1. The van der Waals surface area contributed by atoms with Crippen LogP contribution < -0.4 is 5.73 Å². The molecule has 0 spiro atoms. The number of piperidine rings is 1. The third-order valence-electron chi connectivity index (χ3n) is 4.42. The minimum absolute atomic E-state index is 0.303. The van der Waals surface area contributed by atoms with Crippen LogP contribution in [0.25, 0.3) is 11.0 Å². The fourth-order valence-electron chi connectivity index (χ4n) is 3.04. The minimum Gasteiger partial charge on any atom is -0.369 e. The molecule has 0 aliphatic carbocycles. The average molecular weight is 355 g/mol. The SMILES string of the molecule is CN1CCC(CCn2c(N)nc3cc(F)c(Br)cc32)CC1. The highest BCUT2D eigenvalue weighted by atomic mass is 79.9. The number of aromatic nitrogens is 2. The van der Waals surface area contributed by atoms with Gasteiger partial charge in [-0.1, -0.05) is 0 Å². The summed E-state index contributed by atoms with van der Waals surface area (Å²) in [6.07, 6.45) is 3.57. The maximum Gasteiger partial charge on any atom is 0.201 e. The Morgan fingerprint density at radius 1 is 1.38 bits per heavy atom. The number of benzene rings is 1. The van der Waals surface area contributed by atoms with Crippen molar-refractivity contribution in [1.29, 1.82) is 0 Å². The maximum absolute atomic E-state index is 13.6. The molecule has 2 heterocycles. The van der Waals surface area contributed by atoms with Crippen molar-refractivity contribution in [3.63, 3.8) is 0 Å². The smallest absolute Gasteiger partial charge is 0.201 e. The molecule has 4 nitrogen and oxygen atoms in total. The number of hydrogen-bond donors (Lipinski definition) is 1. The molecule has 1 aromatic carbocycles. The topological polar surface area (TPSA) is 47.1 Å². The van der Waals surface area contributed by atoms with Gasteiger partial charge in [0.1, 0.15) is 5.82 Å². The Kier molecular flexibility index (Phi) is 4.17. The van der Waals surface area contributed by atoms with E-state index in [1.54, 1.807) is 6.07 Å². The molecule has 21 heavy (non-hydrogen) atoms. The second kappa shape index (κ2) is 5.93. The van der Waals surface area contributed by atoms with Gasteiger partial charge in [-0.3, -0.25) is 0 Å². The van der Waals surface area contributed by atoms with E-state index >= 15 is 0 Å². The highest BCUT2D eigenvalue weighted by Crippen LogP contribution is 2.27. The van der Waals surface area contributed by atoms with E-state index in [0.29, 0.717) is 15.9 Å². The zero-order valence-corrected chi connectivity index (χ0v) is 13.7. The molecular formula is C15H20BrFN4. The van der Waals surface area contributed by atoms with Crippen LogP contribution in [0, 0.1) is 11.7 Å². The van der Waals surface area contributed by atoms with Gasteiger partial charge >= 0.3 is 0 Å². The largest absolute Gasteiger partial charge is 0.369 e. The standard InChI is InChI=1S/C15H20BrFN4/c1-20-5-2-10(3-6-20)4-7-21-14-8-11(16)12(17)9-13(14)19-15(21)18/h8-10H,2-7H2,1H3,(H2,18,19). The van der Waals surface area contributed by atoms with E-state index in [1.807, 2.05) is 4.57 Å². The third-order valence-corrected chi connectivity index (χ3v) is 5.03. The summed E-state index contributed by atoms with van der Waals surface area (Å²) in [6, 6.07) is 3.20. The Bertz CT molecular complexity index is 647. The van der Waals surface area contributed by atoms with Gasteiger partial charge in [-0.15, -0.1) is 0 Å².